The Kier molecular flexibility index (Phi) is 8.51. The van der Waals surface area contributed by atoms with Crippen molar-refractivity contribution in [2.45, 2.75) is 25.7 Å². The van der Waals surface area contributed by atoms with Crippen LogP contribution in [0.4, 0.5) is 5.69 Å². The molecule has 1 aliphatic heterocycles. The van der Waals surface area contributed by atoms with E-state index in [1.165, 1.54) is 6.42 Å². The number of halogens is 1. The van der Waals surface area contributed by atoms with Gasteiger partial charge < -0.3 is 14.4 Å². The van der Waals surface area contributed by atoms with Crippen molar-refractivity contribution in [3.05, 3.63) is 54.1 Å². The molecule has 0 aromatic heterocycles. The van der Waals surface area contributed by atoms with E-state index in [1.807, 2.05) is 41.3 Å². The van der Waals surface area contributed by atoms with Crippen molar-refractivity contribution in [3.8, 4) is 11.5 Å². The van der Waals surface area contributed by atoms with Crippen molar-refractivity contribution >= 4 is 34.3 Å². The lowest BCUT2D eigenvalue weighted by Gasteiger charge is -2.27. The summed E-state index contributed by atoms with van der Waals surface area (Å²) >= 11 is 0. The highest BCUT2D eigenvalue weighted by Gasteiger charge is 2.22. The average molecular weight is 447 g/mol. The predicted molar refractivity (Wildman–Crippen MR) is 119 cm³/mol. The normalized spacial score (nSPS) is 13.6. The quantitative estimate of drug-likeness (QED) is 0.589. The lowest BCUT2D eigenvalue weighted by molar-refractivity contribution is 0.100. The van der Waals surface area contributed by atoms with Gasteiger partial charge in [-0.05, 0) is 49.2 Å². The summed E-state index contributed by atoms with van der Waals surface area (Å²) in [5.41, 5.74) is 1.53. The van der Waals surface area contributed by atoms with Crippen LogP contribution in [0.3, 0.4) is 0 Å². The van der Waals surface area contributed by atoms with Crippen LogP contribution in [-0.2, 0) is 0 Å². The van der Waals surface area contributed by atoms with Crippen LogP contribution in [0.15, 0.2) is 53.5 Å². The molecule has 0 radical (unpaired) electrons. The molecule has 2 aromatic carbocycles. The standard InChI is InChI=1S/C22H26N2O3.BrH/c1-26-18-13-11-17(12-14-18)20(25)16-24(22-10-4-3-7-15-23-22)19-8-5-6-9-21(19)27-2;/h5-6,8-9,11-14H,3-4,7,10,15-16H2,1-2H3;1H. The first-order valence-corrected chi connectivity index (χ1v) is 9.34. The maximum absolute atomic E-state index is 13.0. The summed E-state index contributed by atoms with van der Waals surface area (Å²) in [7, 11) is 3.27. The topological polar surface area (TPSA) is 51.1 Å². The van der Waals surface area contributed by atoms with E-state index in [0.29, 0.717) is 5.56 Å². The van der Waals surface area contributed by atoms with Gasteiger partial charge in [-0.1, -0.05) is 18.6 Å². The molecule has 6 heteroatoms. The number of aliphatic imine (C=N–C) groups is 1. The lowest BCUT2D eigenvalue weighted by atomic mass is 10.1. The third-order valence-corrected chi connectivity index (χ3v) is 4.75. The maximum atomic E-state index is 13.0. The van der Waals surface area contributed by atoms with Gasteiger partial charge in [0.15, 0.2) is 5.78 Å². The van der Waals surface area contributed by atoms with Crippen LogP contribution in [0.1, 0.15) is 36.0 Å². The number of Topliss-reactive ketones (excluding diaryl/α,β-unsaturated/α-hetero) is 1. The summed E-state index contributed by atoms with van der Waals surface area (Å²) in [5.74, 6) is 2.47. The van der Waals surface area contributed by atoms with Crippen molar-refractivity contribution in [2.24, 2.45) is 4.99 Å². The largest absolute Gasteiger partial charge is 0.497 e. The van der Waals surface area contributed by atoms with Gasteiger partial charge in [0.05, 0.1) is 26.5 Å². The molecule has 28 heavy (non-hydrogen) atoms. The number of hydrogen-bond acceptors (Lipinski definition) is 5. The van der Waals surface area contributed by atoms with Gasteiger partial charge in [0.2, 0.25) is 0 Å². The summed E-state index contributed by atoms with van der Waals surface area (Å²) in [4.78, 5) is 19.8. The minimum absolute atomic E-state index is 0. The molecule has 0 spiro atoms. The minimum atomic E-state index is 0. The number of ketones is 1. The molecule has 0 fully saturated rings. The Labute approximate surface area is 177 Å². The summed E-state index contributed by atoms with van der Waals surface area (Å²) in [5, 5.41) is 0. The van der Waals surface area contributed by atoms with Crippen LogP contribution in [0.25, 0.3) is 0 Å². The third-order valence-electron chi connectivity index (χ3n) is 4.75. The molecular weight excluding hydrogens is 420 g/mol. The van der Waals surface area contributed by atoms with Crippen molar-refractivity contribution in [3.63, 3.8) is 0 Å². The van der Waals surface area contributed by atoms with E-state index in [9.17, 15) is 4.79 Å². The van der Waals surface area contributed by atoms with E-state index < -0.39 is 0 Å². The predicted octanol–water partition coefficient (Wildman–Crippen LogP) is 4.94. The summed E-state index contributed by atoms with van der Waals surface area (Å²) in [6.45, 7) is 1.03. The van der Waals surface area contributed by atoms with Crippen LogP contribution in [0.2, 0.25) is 0 Å². The summed E-state index contributed by atoms with van der Waals surface area (Å²) in [6, 6.07) is 15.0. The highest BCUT2D eigenvalue weighted by molar-refractivity contribution is 8.93. The van der Waals surface area contributed by atoms with Crippen molar-refractivity contribution in [1.82, 2.24) is 0 Å². The molecule has 0 N–H and O–H groups in total. The average Bonchev–Trinajstić information content (AvgIpc) is 3.01. The molecule has 5 nitrogen and oxygen atoms in total. The Bertz CT molecular complexity index is 806. The number of ether oxygens (including phenoxy) is 2. The van der Waals surface area contributed by atoms with E-state index in [2.05, 4.69) is 0 Å². The molecule has 0 unspecified atom stereocenters. The van der Waals surface area contributed by atoms with Crippen molar-refractivity contribution < 1.29 is 14.3 Å². The number of nitrogens with zero attached hydrogens (tertiary/aromatic N) is 2. The van der Waals surface area contributed by atoms with Crippen LogP contribution in [0, 0.1) is 0 Å². The molecular formula is C22H27BrN2O3. The Morgan fingerprint density at radius 2 is 1.75 bits per heavy atom. The van der Waals surface area contributed by atoms with Gasteiger partial charge in [-0.2, -0.15) is 0 Å². The van der Waals surface area contributed by atoms with Crippen LogP contribution in [0.5, 0.6) is 11.5 Å². The van der Waals surface area contributed by atoms with Gasteiger partial charge in [0.25, 0.3) is 0 Å². The molecule has 2 aromatic rings. The van der Waals surface area contributed by atoms with Crippen LogP contribution < -0.4 is 14.4 Å². The zero-order chi connectivity index (χ0) is 19.1. The monoisotopic (exact) mass is 446 g/mol. The van der Waals surface area contributed by atoms with E-state index in [1.54, 1.807) is 26.4 Å². The number of carbonyl (C=O) groups is 1. The molecule has 0 bridgehead atoms. The molecule has 0 aliphatic carbocycles. The highest BCUT2D eigenvalue weighted by Crippen LogP contribution is 2.30. The van der Waals surface area contributed by atoms with Gasteiger partial charge in [0.1, 0.15) is 17.3 Å². The third kappa shape index (κ3) is 5.35. The second-order valence-corrected chi connectivity index (χ2v) is 6.52. The number of rotatable bonds is 6. The number of anilines is 1. The zero-order valence-corrected chi connectivity index (χ0v) is 18.1. The molecule has 0 amide bonds. The number of hydrogen-bond donors (Lipinski definition) is 0. The molecule has 0 saturated heterocycles. The number of methoxy groups -OCH3 is 2. The Morgan fingerprint density at radius 1 is 1.00 bits per heavy atom. The van der Waals surface area contributed by atoms with Gasteiger partial charge in [-0.15, -0.1) is 17.0 Å². The fourth-order valence-corrected chi connectivity index (χ4v) is 3.26. The molecule has 1 heterocycles. The second-order valence-electron chi connectivity index (χ2n) is 6.52. The Balaban J connectivity index is 0.00000280. The molecule has 0 atom stereocenters. The van der Waals surface area contributed by atoms with Crippen molar-refractivity contribution in [2.75, 3.05) is 32.2 Å². The van der Waals surface area contributed by atoms with E-state index >= 15 is 0 Å². The first kappa shape index (κ1) is 22.0. The summed E-state index contributed by atoms with van der Waals surface area (Å²) in [6.07, 6.45) is 4.21. The summed E-state index contributed by atoms with van der Waals surface area (Å²) < 4.78 is 10.7. The number of para-hydroxylation sites is 2. The molecule has 0 saturated carbocycles. The van der Waals surface area contributed by atoms with Crippen LogP contribution in [-0.4, -0.2) is 38.9 Å². The number of benzene rings is 2. The van der Waals surface area contributed by atoms with E-state index in [0.717, 1.165) is 48.8 Å². The zero-order valence-electron chi connectivity index (χ0n) is 16.4. The first-order chi connectivity index (χ1) is 13.2. The molecule has 150 valence electrons. The highest BCUT2D eigenvalue weighted by atomic mass is 79.9. The van der Waals surface area contributed by atoms with Gasteiger partial charge >= 0.3 is 0 Å². The Morgan fingerprint density at radius 3 is 2.46 bits per heavy atom. The van der Waals surface area contributed by atoms with Crippen molar-refractivity contribution in [1.29, 1.82) is 0 Å². The fraction of sp³-hybridized carbons (Fsp3) is 0.364. The SMILES string of the molecule is Br.COc1ccc(C(=O)CN(C2=NCCCCC2)c2ccccc2OC)cc1. The van der Waals surface area contributed by atoms with Gasteiger partial charge in [-0.3, -0.25) is 9.79 Å². The van der Waals surface area contributed by atoms with Gasteiger partial charge in [0, 0.05) is 18.5 Å². The first-order valence-electron chi connectivity index (χ1n) is 9.34. The molecule has 3 rings (SSSR count). The van der Waals surface area contributed by atoms with E-state index in [4.69, 9.17) is 14.5 Å². The second kappa shape index (κ2) is 10.9. The van der Waals surface area contributed by atoms with Crippen LogP contribution >= 0.6 is 17.0 Å². The Hall–Kier alpha value is -2.34. The lowest BCUT2D eigenvalue weighted by Crippen LogP contribution is -2.36. The van der Waals surface area contributed by atoms with Gasteiger partial charge in [-0.25, -0.2) is 0 Å². The number of carbonyl (C=O) groups excluding carboxylic acids is 1. The number of amidine groups is 1. The molecule has 1 aliphatic rings. The minimum Gasteiger partial charge on any atom is -0.497 e. The fourth-order valence-electron chi connectivity index (χ4n) is 3.26. The maximum Gasteiger partial charge on any atom is 0.182 e. The smallest absolute Gasteiger partial charge is 0.182 e. The van der Waals surface area contributed by atoms with E-state index in [-0.39, 0.29) is 29.3 Å².